The maximum Gasteiger partial charge on any atom is 0.268 e. The summed E-state index contributed by atoms with van der Waals surface area (Å²) in [7, 11) is 1.36. The van der Waals surface area contributed by atoms with E-state index in [1.54, 1.807) is 12.1 Å². The van der Waals surface area contributed by atoms with Crippen LogP contribution in [0.15, 0.2) is 42.5 Å². The van der Waals surface area contributed by atoms with E-state index in [9.17, 15) is 14.3 Å². The number of quaternary nitrogens is 1. The first-order valence-electron chi connectivity index (χ1n) is 16.6. The van der Waals surface area contributed by atoms with Crippen LogP contribution in [0.2, 0.25) is 0 Å². The first-order chi connectivity index (χ1) is 20.6. The number of carbonyl (C=O) groups excluding carboxylic acids is 1. The Hall–Kier alpha value is -1.38. The van der Waals surface area contributed by atoms with Crippen LogP contribution in [-0.2, 0) is 18.3 Å². The van der Waals surface area contributed by atoms with Crippen LogP contribution in [0.4, 0.5) is 0 Å². The van der Waals surface area contributed by atoms with Crippen LogP contribution in [0, 0.1) is 0 Å². The second-order valence-corrected chi connectivity index (χ2v) is 13.8. The smallest absolute Gasteiger partial charge is 0.268 e. The second kappa shape index (κ2) is 24.9. The lowest BCUT2D eigenvalue weighted by Gasteiger charge is -2.30. The van der Waals surface area contributed by atoms with Gasteiger partial charge in [-0.25, -0.2) is 0 Å². The Kier molecular flexibility index (Phi) is 22.9. The van der Waals surface area contributed by atoms with E-state index in [0.29, 0.717) is 23.2 Å². The van der Waals surface area contributed by atoms with Crippen LogP contribution in [0.5, 0.6) is 0 Å². The summed E-state index contributed by atoms with van der Waals surface area (Å²) in [5, 5.41) is 3.02. The van der Waals surface area contributed by atoms with Gasteiger partial charge in [-0.1, -0.05) is 107 Å². The molecular weight excluding hydrogens is 563 g/mol. The van der Waals surface area contributed by atoms with Crippen molar-refractivity contribution < 1.29 is 32.5 Å². The van der Waals surface area contributed by atoms with E-state index in [0.717, 1.165) is 12.8 Å². The lowest BCUT2D eigenvalue weighted by Crippen LogP contribution is -2.38. The van der Waals surface area contributed by atoms with Gasteiger partial charge in [0, 0.05) is 18.7 Å². The molecule has 0 spiro atoms. The number of carbonyl (C=O) groups is 1. The van der Waals surface area contributed by atoms with E-state index < -0.39 is 13.9 Å². The van der Waals surface area contributed by atoms with Gasteiger partial charge in [-0.2, -0.15) is 0 Å². The summed E-state index contributed by atoms with van der Waals surface area (Å²) < 4.78 is 29.2. The summed E-state index contributed by atoms with van der Waals surface area (Å²) in [4.78, 5) is 24.9. The molecule has 0 aliphatic heterocycles. The molecule has 1 N–H and O–H groups in total. The van der Waals surface area contributed by atoms with Crippen molar-refractivity contribution in [3.63, 3.8) is 0 Å². The SMILES string of the molecule is CCCCCCCC/C=C\CCCCCCCCOCC(CNCC(=O)c1ccccc1)OP(=O)([O-])OCC[N+](C)(C)C. The number of unbranched alkanes of at least 4 members (excludes halogenated alkanes) is 12. The van der Waals surface area contributed by atoms with Gasteiger partial charge in [-0.05, 0) is 32.1 Å². The van der Waals surface area contributed by atoms with Crippen LogP contribution in [-0.4, -0.2) is 77.0 Å². The average molecular weight is 625 g/mol. The van der Waals surface area contributed by atoms with E-state index in [4.69, 9.17) is 13.8 Å². The van der Waals surface area contributed by atoms with Crippen LogP contribution in [0.25, 0.3) is 0 Å². The Bertz CT molecular complexity index is 891. The van der Waals surface area contributed by atoms with Gasteiger partial charge >= 0.3 is 0 Å². The lowest BCUT2D eigenvalue weighted by atomic mass is 10.1. The molecule has 2 unspecified atom stereocenters. The number of ether oxygens (including phenoxy) is 1. The fourth-order valence-electron chi connectivity index (χ4n) is 4.51. The van der Waals surface area contributed by atoms with Crippen LogP contribution in [0.1, 0.15) is 107 Å². The molecule has 0 saturated carbocycles. The Morgan fingerprint density at radius 3 is 2.07 bits per heavy atom. The van der Waals surface area contributed by atoms with E-state index in [1.807, 2.05) is 39.3 Å². The molecule has 0 bridgehead atoms. The molecular formula is C34H61N2O6P. The molecule has 1 aromatic rings. The third-order valence-electron chi connectivity index (χ3n) is 7.15. The monoisotopic (exact) mass is 624 g/mol. The van der Waals surface area contributed by atoms with Crippen molar-refractivity contribution in [2.45, 2.75) is 103 Å². The molecule has 0 amide bonds. The molecule has 0 aliphatic rings. The summed E-state index contributed by atoms with van der Waals surface area (Å²) in [6.07, 6.45) is 21.3. The molecule has 1 rings (SSSR count). The van der Waals surface area contributed by atoms with Crippen molar-refractivity contribution in [1.29, 1.82) is 0 Å². The fourth-order valence-corrected chi connectivity index (χ4v) is 5.37. The van der Waals surface area contributed by atoms with Gasteiger partial charge in [0.25, 0.3) is 7.82 Å². The molecule has 9 heteroatoms. The van der Waals surface area contributed by atoms with Crippen molar-refractivity contribution in [2.75, 3.05) is 60.6 Å². The first kappa shape index (κ1) is 39.6. The molecule has 248 valence electrons. The van der Waals surface area contributed by atoms with E-state index in [-0.39, 0.29) is 32.1 Å². The number of Topliss-reactive ketones (excluding diaryl/α,β-unsaturated/α-hetero) is 1. The normalized spacial score (nSPS) is 14.3. The van der Waals surface area contributed by atoms with Gasteiger partial charge in [0.1, 0.15) is 19.3 Å². The minimum Gasteiger partial charge on any atom is -0.756 e. The molecule has 0 aliphatic carbocycles. The van der Waals surface area contributed by atoms with Crippen molar-refractivity contribution in [3.05, 3.63) is 48.0 Å². The van der Waals surface area contributed by atoms with Gasteiger partial charge in [0.05, 0.1) is 34.3 Å². The summed E-state index contributed by atoms with van der Waals surface area (Å²) >= 11 is 0. The number of hydrogen-bond acceptors (Lipinski definition) is 7. The minimum absolute atomic E-state index is 0.0350. The lowest BCUT2D eigenvalue weighted by molar-refractivity contribution is -0.870. The van der Waals surface area contributed by atoms with E-state index in [1.165, 1.54) is 77.0 Å². The van der Waals surface area contributed by atoms with Gasteiger partial charge in [-0.15, -0.1) is 0 Å². The molecule has 43 heavy (non-hydrogen) atoms. The number of likely N-dealkylation sites (N-methyl/N-ethyl adjacent to an activating group) is 1. The summed E-state index contributed by atoms with van der Waals surface area (Å²) in [5.74, 6) is -0.0750. The number of ketones is 1. The Morgan fingerprint density at radius 1 is 0.884 bits per heavy atom. The van der Waals surface area contributed by atoms with Crippen molar-refractivity contribution >= 4 is 13.6 Å². The molecule has 1 aromatic carbocycles. The number of nitrogens with zero attached hydrogens (tertiary/aromatic N) is 1. The van der Waals surface area contributed by atoms with Crippen LogP contribution >= 0.6 is 7.82 Å². The predicted molar refractivity (Wildman–Crippen MR) is 175 cm³/mol. The molecule has 0 radical (unpaired) electrons. The Balaban J connectivity index is 2.24. The topological polar surface area (TPSA) is 96.9 Å². The van der Waals surface area contributed by atoms with E-state index >= 15 is 0 Å². The number of phosphoric acid groups is 1. The second-order valence-electron chi connectivity index (χ2n) is 12.5. The Labute approximate surface area is 262 Å². The minimum atomic E-state index is -4.52. The number of phosphoric ester groups is 1. The highest BCUT2D eigenvalue weighted by molar-refractivity contribution is 7.45. The maximum atomic E-state index is 12.5. The third kappa shape index (κ3) is 24.6. The first-order valence-corrected chi connectivity index (χ1v) is 18.0. The largest absolute Gasteiger partial charge is 0.756 e. The summed E-state index contributed by atoms with van der Waals surface area (Å²) in [5.41, 5.74) is 0.599. The van der Waals surface area contributed by atoms with Gasteiger partial charge < -0.3 is 28.5 Å². The number of benzene rings is 1. The zero-order valence-corrected chi connectivity index (χ0v) is 28.5. The van der Waals surface area contributed by atoms with Crippen LogP contribution in [0.3, 0.4) is 0 Å². The Morgan fingerprint density at radius 2 is 1.47 bits per heavy atom. The van der Waals surface area contributed by atoms with Gasteiger partial charge in [-0.3, -0.25) is 9.36 Å². The van der Waals surface area contributed by atoms with Crippen molar-refractivity contribution in [3.8, 4) is 0 Å². The zero-order valence-electron chi connectivity index (χ0n) is 27.6. The quantitative estimate of drug-likeness (QED) is 0.0334. The van der Waals surface area contributed by atoms with E-state index in [2.05, 4.69) is 24.4 Å². The standard InChI is InChI=1S/C34H61N2O6P/c1-5-6-7-8-9-10-11-12-13-14-15-16-17-18-19-23-27-40-31-33(42-43(38,39)41-28-26-36(2,3)4)29-35-30-34(37)32-24-21-20-22-25-32/h12-13,20-22,24-25,33,35H,5-11,14-19,23,26-31H2,1-4H3/b13-12-. The summed E-state index contributed by atoms with van der Waals surface area (Å²) in [6, 6.07) is 8.98. The number of nitrogens with one attached hydrogen (secondary N) is 1. The molecule has 0 heterocycles. The molecule has 0 saturated heterocycles. The van der Waals surface area contributed by atoms with Gasteiger partial charge in [0.2, 0.25) is 0 Å². The molecule has 0 aromatic heterocycles. The maximum absolute atomic E-state index is 12.5. The number of rotatable bonds is 29. The molecule has 2 atom stereocenters. The van der Waals surface area contributed by atoms with Crippen molar-refractivity contribution in [1.82, 2.24) is 5.32 Å². The highest BCUT2D eigenvalue weighted by atomic mass is 31.2. The third-order valence-corrected chi connectivity index (χ3v) is 8.20. The highest BCUT2D eigenvalue weighted by Crippen LogP contribution is 2.39. The highest BCUT2D eigenvalue weighted by Gasteiger charge is 2.20. The van der Waals surface area contributed by atoms with Crippen molar-refractivity contribution in [2.24, 2.45) is 0 Å². The number of allylic oxidation sites excluding steroid dienone is 2. The molecule has 8 nitrogen and oxygen atoms in total. The van der Waals surface area contributed by atoms with Gasteiger partial charge in [0.15, 0.2) is 5.78 Å². The van der Waals surface area contributed by atoms with Crippen LogP contribution < -0.4 is 10.2 Å². The predicted octanol–water partition coefficient (Wildman–Crippen LogP) is 7.09. The molecule has 0 fully saturated rings. The summed E-state index contributed by atoms with van der Waals surface area (Å²) in [6.45, 7) is 3.68. The number of hydrogen-bond donors (Lipinski definition) is 1. The average Bonchev–Trinajstić information content (AvgIpc) is 2.95. The fraction of sp³-hybridized carbons (Fsp3) is 0.735. The zero-order chi connectivity index (χ0) is 31.7.